The summed E-state index contributed by atoms with van der Waals surface area (Å²) in [6, 6.07) is 12.3. The molecule has 0 spiro atoms. The first kappa shape index (κ1) is 31.3. The Hall–Kier alpha value is -2.66. The third-order valence-electron chi connectivity index (χ3n) is 7.05. The summed E-state index contributed by atoms with van der Waals surface area (Å²) in [5, 5.41) is 0.157. The van der Waals surface area contributed by atoms with Gasteiger partial charge in [0.05, 0.1) is 29.1 Å². The number of hydrogen-bond donors (Lipinski definition) is 0. The number of rotatable bonds is 7. The number of hydrogen-bond acceptors (Lipinski definition) is 6. The minimum absolute atomic E-state index is 0.0108. The van der Waals surface area contributed by atoms with Crippen molar-refractivity contribution in [1.29, 1.82) is 0 Å². The van der Waals surface area contributed by atoms with E-state index in [1.165, 1.54) is 16.4 Å². The van der Waals surface area contributed by atoms with E-state index in [4.69, 9.17) is 27.9 Å². The average molecular weight is 624 g/mol. The van der Waals surface area contributed by atoms with Gasteiger partial charge in [-0.3, -0.25) is 14.7 Å². The molecule has 2 aromatic rings. The van der Waals surface area contributed by atoms with Crippen LogP contribution in [-0.4, -0.2) is 85.7 Å². The fraction of sp³-hybridized carbons (Fsp3) is 0.483. The summed E-state index contributed by atoms with van der Waals surface area (Å²) in [6.07, 6.45) is 1.40. The molecular weight excluding hydrogens is 587 g/mol. The second-order valence-corrected chi connectivity index (χ2v) is 14.0. The minimum atomic E-state index is -3.89. The molecule has 41 heavy (non-hydrogen) atoms. The number of likely N-dealkylation sites (N-methyl/N-ethyl adjacent to an activating group) is 1. The van der Waals surface area contributed by atoms with Crippen LogP contribution in [-0.2, 0) is 26.0 Å². The maximum absolute atomic E-state index is 13.3. The second kappa shape index (κ2) is 12.7. The van der Waals surface area contributed by atoms with E-state index in [1.54, 1.807) is 22.9 Å². The van der Waals surface area contributed by atoms with Gasteiger partial charge < -0.3 is 9.64 Å². The van der Waals surface area contributed by atoms with Crippen molar-refractivity contribution < 1.29 is 22.7 Å². The molecule has 2 aliphatic rings. The molecule has 0 saturated carbocycles. The quantitative estimate of drug-likeness (QED) is 0.428. The van der Waals surface area contributed by atoms with Gasteiger partial charge in [0.25, 0.3) is 0 Å². The van der Waals surface area contributed by atoms with Crippen molar-refractivity contribution >= 4 is 51.1 Å². The predicted octanol–water partition coefficient (Wildman–Crippen LogP) is 5.09. The largest absolute Gasteiger partial charge is 0.443 e. The first-order valence-corrected chi connectivity index (χ1v) is 15.8. The lowest BCUT2D eigenvalue weighted by Crippen LogP contribution is -2.46. The molecule has 4 rings (SSSR count). The lowest BCUT2D eigenvalue weighted by Gasteiger charge is -2.33. The van der Waals surface area contributed by atoms with Gasteiger partial charge in [-0.15, -0.1) is 0 Å². The van der Waals surface area contributed by atoms with Crippen LogP contribution in [0.25, 0.3) is 0 Å². The number of piperidine rings is 1. The van der Waals surface area contributed by atoms with Gasteiger partial charge in [-0.2, -0.15) is 4.31 Å². The number of nitrogens with zero attached hydrogens (tertiary/aromatic N) is 4. The van der Waals surface area contributed by atoms with Crippen LogP contribution in [0.15, 0.2) is 52.4 Å². The molecule has 0 bridgehead atoms. The summed E-state index contributed by atoms with van der Waals surface area (Å²) < 4.78 is 33.4. The highest BCUT2D eigenvalue weighted by molar-refractivity contribution is 7.89. The number of ether oxygens (including phenoxy) is 1. The first-order valence-electron chi connectivity index (χ1n) is 13.6. The van der Waals surface area contributed by atoms with Crippen LogP contribution in [0.5, 0.6) is 0 Å². The van der Waals surface area contributed by atoms with Gasteiger partial charge in [0.2, 0.25) is 15.9 Å². The Labute approximate surface area is 252 Å². The standard InChI is InChI=1S/C29H36Cl2N4O5S/c1-29(2,3)40-28(37)35-18-15-32-26(35)21-12-10-20(11-13-21)14-17-33(4)27(36)22-7-6-16-34(19-22)41(38,39)24-9-5-8-23(30)25(24)31/h5,8-13,22H,6-7,14-19H2,1-4H3. The Morgan fingerprint density at radius 1 is 1.10 bits per heavy atom. The van der Waals surface area contributed by atoms with Gasteiger partial charge in [0.15, 0.2) is 0 Å². The molecule has 0 aliphatic carbocycles. The summed E-state index contributed by atoms with van der Waals surface area (Å²) >= 11 is 12.2. The maximum Gasteiger partial charge on any atom is 0.416 e. The van der Waals surface area contributed by atoms with Crippen LogP contribution in [0.2, 0.25) is 10.0 Å². The van der Waals surface area contributed by atoms with E-state index in [2.05, 4.69) is 4.99 Å². The molecular formula is C29H36Cl2N4O5S. The molecule has 2 heterocycles. The van der Waals surface area contributed by atoms with E-state index in [0.29, 0.717) is 51.3 Å². The van der Waals surface area contributed by atoms with Gasteiger partial charge in [0.1, 0.15) is 16.3 Å². The number of benzene rings is 2. The summed E-state index contributed by atoms with van der Waals surface area (Å²) in [5.41, 5.74) is 1.26. The number of amidine groups is 1. The molecule has 1 saturated heterocycles. The molecule has 0 aromatic heterocycles. The lowest BCUT2D eigenvalue weighted by molar-refractivity contribution is -0.135. The van der Waals surface area contributed by atoms with Crippen LogP contribution < -0.4 is 0 Å². The highest BCUT2D eigenvalue weighted by atomic mass is 35.5. The molecule has 1 fully saturated rings. The number of carbonyl (C=O) groups excluding carboxylic acids is 2. The van der Waals surface area contributed by atoms with Crippen molar-refractivity contribution in [3.63, 3.8) is 0 Å². The molecule has 2 aromatic carbocycles. The van der Waals surface area contributed by atoms with Gasteiger partial charge in [-0.05, 0) is 57.7 Å². The number of halogens is 2. The molecule has 1 atom stereocenters. The van der Waals surface area contributed by atoms with E-state index < -0.39 is 27.6 Å². The van der Waals surface area contributed by atoms with Crippen LogP contribution >= 0.6 is 23.2 Å². The van der Waals surface area contributed by atoms with Crippen molar-refractivity contribution in [1.82, 2.24) is 14.1 Å². The summed E-state index contributed by atoms with van der Waals surface area (Å²) in [6.45, 7) is 7.39. The smallest absolute Gasteiger partial charge is 0.416 e. The molecule has 9 nitrogen and oxygen atoms in total. The molecule has 2 aliphatic heterocycles. The second-order valence-electron chi connectivity index (χ2n) is 11.3. The number of sulfonamides is 1. The van der Waals surface area contributed by atoms with Crippen molar-refractivity contribution in [2.75, 3.05) is 39.8 Å². The van der Waals surface area contributed by atoms with Gasteiger partial charge in [0, 0.05) is 32.2 Å². The van der Waals surface area contributed by atoms with Crippen molar-refractivity contribution in [3.05, 3.63) is 63.6 Å². The molecule has 222 valence electrons. The summed E-state index contributed by atoms with van der Waals surface area (Å²) in [4.78, 5) is 33.5. The normalized spacial score (nSPS) is 18.2. The third kappa shape index (κ3) is 7.41. The van der Waals surface area contributed by atoms with Gasteiger partial charge >= 0.3 is 6.09 Å². The Balaban J connectivity index is 1.34. The molecule has 0 radical (unpaired) electrons. The summed E-state index contributed by atoms with van der Waals surface area (Å²) in [7, 11) is -2.15. The van der Waals surface area contributed by atoms with Crippen molar-refractivity contribution in [2.45, 2.75) is 50.5 Å². The fourth-order valence-corrected chi connectivity index (χ4v) is 7.17. The Bertz CT molecular complexity index is 1420. The van der Waals surface area contributed by atoms with E-state index in [0.717, 1.165) is 11.1 Å². The Kier molecular flexibility index (Phi) is 9.68. The predicted molar refractivity (Wildman–Crippen MR) is 160 cm³/mol. The summed E-state index contributed by atoms with van der Waals surface area (Å²) in [5.74, 6) is 0.0593. The fourth-order valence-electron chi connectivity index (χ4n) is 4.91. The number of carbonyl (C=O) groups is 2. The number of aliphatic imine (C=N–C) groups is 1. The lowest BCUT2D eigenvalue weighted by atomic mass is 9.98. The zero-order chi connectivity index (χ0) is 29.9. The zero-order valence-electron chi connectivity index (χ0n) is 23.8. The monoisotopic (exact) mass is 622 g/mol. The Morgan fingerprint density at radius 2 is 1.80 bits per heavy atom. The zero-order valence-corrected chi connectivity index (χ0v) is 26.1. The van der Waals surface area contributed by atoms with Crippen molar-refractivity contribution in [3.8, 4) is 0 Å². The molecule has 12 heteroatoms. The maximum atomic E-state index is 13.3. The van der Waals surface area contributed by atoms with E-state index in [9.17, 15) is 18.0 Å². The van der Waals surface area contributed by atoms with Crippen molar-refractivity contribution in [2.24, 2.45) is 10.9 Å². The van der Waals surface area contributed by atoms with Crippen LogP contribution in [0.3, 0.4) is 0 Å². The average Bonchev–Trinajstić information content (AvgIpc) is 3.42. The van der Waals surface area contributed by atoms with Gasteiger partial charge in [-0.1, -0.05) is 53.5 Å². The minimum Gasteiger partial charge on any atom is -0.443 e. The Morgan fingerprint density at radius 3 is 2.49 bits per heavy atom. The van der Waals surface area contributed by atoms with Crippen LogP contribution in [0.4, 0.5) is 4.79 Å². The van der Waals surface area contributed by atoms with E-state index in [-0.39, 0.29) is 27.4 Å². The SMILES string of the molecule is CN(CCc1ccc(C2=NCCN2C(=O)OC(C)(C)C)cc1)C(=O)C1CCCN(S(=O)(=O)c2cccc(Cl)c2Cl)C1. The van der Waals surface area contributed by atoms with Gasteiger partial charge in [-0.25, -0.2) is 13.2 Å². The van der Waals surface area contributed by atoms with Crippen LogP contribution in [0.1, 0.15) is 44.7 Å². The molecule has 1 unspecified atom stereocenters. The molecule has 0 N–H and O–H groups in total. The first-order chi connectivity index (χ1) is 19.3. The van der Waals surface area contributed by atoms with E-state index >= 15 is 0 Å². The van der Waals surface area contributed by atoms with Crippen LogP contribution in [0, 0.1) is 5.92 Å². The molecule has 2 amide bonds. The number of amides is 2. The highest BCUT2D eigenvalue weighted by Crippen LogP contribution is 2.33. The third-order valence-corrected chi connectivity index (χ3v) is 9.88. The topological polar surface area (TPSA) is 99.6 Å². The van der Waals surface area contributed by atoms with E-state index in [1.807, 2.05) is 45.0 Å². The highest BCUT2D eigenvalue weighted by Gasteiger charge is 2.35.